The summed E-state index contributed by atoms with van der Waals surface area (Å²) in [6.07, 6.45) is 2.68. The van der Waals surface area contributed by atoms with Crippen molar-refractivity contribution in [2.45, 2.75) is 12.5 Å². The average molecular weight is 354 g/mol. The zero-order valence-corrected chi connectivity index (χ0v) is 14.7. The predicted octanol–water partition coefficient (Wildman–Crippen LogP) is 2.67. The van der Waals surface area contributed by atoms with Gasteiger partial charge in [0.25, 0.3) is 5.91 Å². The number of hydrogen-bond donors (Lipinski definition) is 1. The lowest BCUT2D eigenvalue weighted by molar-refractivity contribution is 0.0748. The quantitative estimate of drug-likeness (QED) is 0.918. The molecule has 0 spiro atoms. The number of halogens is 1. The number of amides is 1. The van der Waals surface area contributed by atoms with Crippen LogP contribution in [0.2, 0.25) is 0 Å². The Labute approximate surface area is 146 Å². The van der Waals surface area contributed by atoms with Gasteiger partial charge in [-0.1, -0.05) is 0 Å². The fourth-order valence-electron chi connectivity index (χ4n) is 2.55. The Bertz CT molecular complexity index is 654. The molecule has 0 aliphatic carbocycles. The smallest absolute Gasteiger partial charge is 0.265 e. The van der Waals surface area contributed by atoms with E-state index >= 15 is 0 Å². The van der Waals surface area contributed by atoms with E-state index in [0.717, 1.165) is 35.8 Å². The summed E-state index contributed by atoms with van der Waals surface area (Å²) < 4.78 is 5.15. The number of carbonyl (C=O) groups excluding carboxylic acids is 1. The van der Waals surface area contributed by atoms with Gasteiger partial charge in [0.15, 0.2) is 0 Å². The number of aromatic nitrogens is 1. The molecule has 1 atom stereocenters. The van der Waals surface area contributed by atoms with E-state index in [9.17, 15) is 4.79 Å². The normalized spacial score (nSPS) is 16.7. The van der Waals surface area contributed by atoms with Crippen LogP contribution in [0.1, 0.15) is 16.1 Å². The van der Waals surface area contributed by atoms with Gasteiger partial charge in [0, 0.05) is 25.2 Å². The van der Waals surface area contributed by atoms with E-state index in [1.54, 1.807) is 13.3 Å². The summed E-state index contributed by atoms with van der Waals surface area (Å²) in [7, 11) is 3.51. The Balaban J connectivity index is 0.00000192. The molecular weight excluding hydrogens is 334 g/mol. The number of methoxy groups -OCH3 is 1. The van der Waals surface area contributed by atoms with Crippen LogP contribution in [0.5, 0.6) is 5.75 Å². The van der Waals surface area contributed by atoms with Crippen molar-refractivity contribution in [1.29, 1.82) is 0 Å². The van der Waals surface area contributed by atoms with Gasteiger partial charge >= 0.3 is 0 Å². The topological polar surface area (TPSA) is 54.5 Å². The first-order valence-corrected chi connectivity index (χ1v) is 8.09. The number of rotatable bonds is 4. The van der Waals surface area contributed by atoms with Crippen LogP contribution in [0.25, 0.3) is 10.6 Å². The summed E-state index contributed by atoms with van der Waals surface area (Å²) in [6.45, 7) is 1.84. The fraction of sp³-hybridized carbons (Fsp3) is 0.375. The zero-order valence-electron chi connectivity index (χ0n) is 13.1. The molecule has 1 aromatic heterocycles. The van der Waals surface area contributed by atoms with Gasteiger partial charge < -0.3 is 15.0 Å². The van der Waals surface area contributed by atoms with Gasteiger partial charge in [-0.25, -0.2) is 4.98 Å². The molecule has 1 fully saturated rings. The third-order valence-electron chi connectivity index (χ3n) is 3.96. The lowest BCUT2D eigenvalue weighted by atomic mass is 10.2. The van der Waals surface area contributed by atoms with Crippen LogP contribution in [0, 0.1) is 0 Å². The second-order valence-electron chi connectivity index (χ2n) is 5.32. The van der Waals surface area contributed by atoms with Crippen molar-refractivity contribution >= 4 is 29.7 Å². The minimum absolute atomic E-state index is 0. The van der Waals surface area contributed by atoms with Crippen molar-refractivity contribution in [2.24, 2.45) is 0 Å². The highest BCUT2D eigenvalue weighted by Gasteiger charge is 2.25. The van der Waals surface area contributed by atoms with Crippen molar-refractivity contribution in [3.8, 4) is 16.3 Å². The Hall–Kier alpha value is -1.63. The summed E-state index contributed by atoms with van der Waals surface area (Å²) >= 11 is 1.43. The molecule has 1 amide bonds. The molecular formula is C16H20ClN3O2S. The Kier molecular flexibility index (Phi) is 5.98. The third-order valence-corrected chi connectivity index (χ3v) is 4.99. The number of nitrogens with one attached hydrogen (secondary N) is 1. The van der Waals surface area contributed by atoms with E-state index in [0.29, 0.717) is 4.88 Å². The van der Waals surface area contributed by atoms with Crippen LogP contribution in [0.4, 0.5) is 0 Å². The molecule has 124 valence electrons. The lowest BCUT2D eigenvalue weighted by Gasteiger charge is -2.22. The molecule has 0 bridgehead atoms. The van der Waals surface area contributed by atoms with Crippen LogP contribution in [0.3, 0.4) is 0 Å². The van der Waals surface area contributed by atoms with Crippen LogP contribution in [-0.2, 0) is 0 Å². The number of likely N-dealkylation sites (N-methyl/N-ethyl adjacent to an activating group) is 1. The molecule has 1 N–H and O–H groups in total. The molecule has 23 heavy (non-hydrogen) atoms. The number of carbonyl (C=O) groups is 1. The highest BCUT2D eigenvalue weighted by atomic mass is 35.5. The fourth-order valence-corrected chi connectivity index (χ4v) is 3.45. The second-order valence-corrected chi connectivity index (χ2v) is 6.35. The molecule has 1 aliphatic heterocycles. The van der Waals surface area contributed by atoms with Gasteiger partial charge in [-0.2, -0.15) is 0 Å². The third kappa shape index (κ3) is 3.83. The number of thiazole rings is 1. The SMILES string of the molecule is COc1ccc(-c2ncc(C(=O)N(C)C3CCNC3)s2)cc1.Cl. The molecule has 5 nitrogen and oxygen atoms in total. The Morgan fingerprint density at radius 1 is 1.39 bits per heavy atom. The van der Waals surface area contributed by atoms with E-state index in [2.05, 4.69) is 10.3 Å². The lowest BCUT2D eigenvalue weighted by Crippen LogP contribution is -2.37. The van der Waals surface area contributed by atoms with Crippen molar-refractivity contribution in [2.75, 3.05) is 27.2 Å². The summed E-state index contributed by atoms with van der Waals surface area (Å²) in [4.78, 5) is 19.4. The molecule has 0 saturated carbocycles. The van der Waals surface area contributed by atoms with E-state index < -0.39 is 0 Å². The Morgan fingerprint density at radius 3 is 2.74 bits per heavy atom. The number of benzene rings is 1. The summed E-state index contributed by atoms with van der Waals surface area (Å²) in [5.74, 6) is 0.857. The Morgan fingerprint density at radius 2 is 2.13 bits per heavy atom. The van der Waals surface area contributed by atoms with E-state index in [-0.39, 0.29) is 24.4 Å². The van der Waals surface area contributed by atoms with Crippen molar-refractivity contribution < 1.29 is 9.53 Å². The molecule has 1 saturated heterocycles. The minimum Gasteiger partial charge on any atom is -0.497 e. The van der Waals surface area contributed by atoms with E-state index in [1.807, 2.05) is 36.2 Å². The van der Waals surface area contributed by atoms with Crippen LogP contribution < -0.4 is 10.1 Å². The molecule has 1 aromatic carbocycles. The van der Waals surface area contributed by atoms with Gasteiger partial charge in [-0.3, -0.25) is 4.79 Å². The number of hydrogen-bond acceptors (Lipinski definition) is 5. The summed E-state index contributed by atoms with van der Waals surface area (Å²) in [6, 6.07) is 7.98. The second kappa shape index (κ2) is 7.77. The van der Waals surface area contributed by atoms with E-state index in [4.69, 9.17) is 4.74 Å². The first kappa shape index (κ1) is 17.7. The monoisotopic (exact) mass is 353 g/mol. The van der Waals surface area contributed by atoms with Crippen LogP contribution >= 0.6 is 23.7 Å². The van der Waals surface area contributed by atoms with E-state index in [1.165, 1.54) is 11.3 Å². The van der Waals surface area contributed by atoms with Gasteiger partial charge in [0.05, 0.1) is 13.3 Å². The largest absolute Gasteiger partial charge is 0.497 e. The molecule has 2 heterocycles. The molecule has 1 aliphatic rings. The van der Waals surface area contributed by atoms with Crippen molar-refractivity contribution in [3.05, 3.63) is 35.3 Å². The molecule has 1 unspecified atom stereocenters. The maximum absolute atomic E-state index is 12.5. The standard InChI is InChI=1S/C16H19N3O2S.ClH/c1-19(12-7-8-17-9-12)16(20)14-10-18-15(22-14)11-3-5-13(21-2)6-4-11;/h3-6,10,12,17H,7-9H2,1-2H3;1H. The first-order valence-electron chi connectivity index (χ1n) is 7.27. The maximum atomic E-state index is 12.5. The highest BCUT2D eigenvalue weighted by Crippen LogP contribution is 2.27. The zero-order chi connectivity index (χ0) is 15.5. The predicted molar refractivity (Wildman–Crippen MR) is 94.7 cm³/mol. The average Bonchev–Trinajstić information content (AvgIpc) is 3.25. The van der Waals surface area contributed by atoms with Gasteiger partial charge in [0.2, 0.25) is 0 Å². The first-order chi connectivity index (χ1) is 10.7. The van der Waals surface area contributed by atoms with Gasteiger partial charge in [-0.15, -0.1) is 23.7 Å². The van der Waals surface area contributed by atoms with Crippen LogP contribution in [0.15, 0.2) is 30.5 Å². The van der Waals surface area contributed by atoms with Crippen molar-refractivity contribution in [1.82, 2.24) is 15.2 Å². The summed E-state index contributed by atoms with van der Waals surface area (Å²) in [5, 5.41) is 4.13. The molecule has 0 radical (unpaired) electrons. The van der Waals surface area contributed by atoms with Crippen molar-refractivity contribution in [3.63, 3.8) is 0 Å². The molecule has 2 aromatic rings. The maximum Gasteiger partial charge on any atom is 0.265 e. The molecule has 7 heteroatoms. The molecule has 3 rings (SSSR count). The number of nitrogens with zero attached hydrogens (tertiary/aromatic N) is 2. The summed E-state index contributed by atoms with van der Waals surface area (Å²) in [5.41, 5.74) is 0.995. The van der Waals surface area contributed by atoms with Gasteiger partial charge in [0.1, 0.15) is 15.6 Å². The number of ether oxygens (including phenoxy) is 1. The van der Waals surface area contributed by atoms with Gasteiger partial charge in [-0.05, 0) is 37.2 Å². The minimum atomic E-state index is 0. The van der Waals surface area contributed by atoms with Crippen LogP contribution in [-0.4, -0.2) is 49.1 Å². The highest BCUT2D eigenvalue weighted by molar-refractivity contribution is 7.16.